The average molecular weight is 237 g/mol. The molecule has 17 heavy (non-hydrogen) atoms. The van der Waals surface area contributed by atoms with E-state index < -0.39 is 12.1 Å². The lowest BCUT2D eigenvalue weighted by Gasteiger charge is -2.20. The Labute approximate surface area is 99.6 Å². The zero-order chi connectivity index (χ0) is 12.7. The molecule has 1 aromatic carbocycles. The summed E-state index contributed by atoms with van der Waals surface area (Å²) in [6.07, 6.45) is -0.614. The molecular weight excluding hydrogens is 222 g/mol. The van der Waals surface area contributed by atoms with Crippen molar-refractivity contribution in [3.8, 4) is 0 Å². The molecule has 0 saturated carbocycles. The number of amides is 1. The zero-order valence-corrected chi connectivity index (χ0v) is 9.63. The standard InChI is InChI=1S/C12H15NO4/c1-17-12(16)13(8-7-11(14)15)9-10-5-3-2-4-6-10/h2-6H,7-9H2,1H3,(H,14,15). The van der Waals surface area contributed by atoms with Crippen molar-refractivity contribution < 1.29 is 19.4 Å². The van der Waals surface area contributed by atoms with Crippen LogP contribution in [-0.4, -0.2) is 35.7 Å². The summed E-state index contributed by atoms with van der Waals surface area (Å²) in [6.45, 7) is 0.484. The summed E-state index contributed by atoms with van der Waals surface area (Å²) in [5.74, 6) is -0.938. The van der Waals surface area contributed by atoms with Crippen LogP contribution in [0.2, 0.25) is 0 Å². The summed E-state index contributed by atoms with van der Waals surface area (Å²) in [5, 5.41) is 8.60. The van der Waals surface area contributed by atoms with Gasteiger partial charge in [-0.25, -0.2) is 4.79 Å². The molecule has 0 aliphatic carbocycles. The Morgan fingerprint density at radius 3 is 2.47 bits per heavy atom. The number of hydrogen-bond acceptors (Lipinski definition) is 3. The molecule has 0 spiro atoms. The zero-order valence-electron chi connectivity index (χ0n) is 9.63. The molecule has 0 atom stereocenters. The maximum atomic E-state index is 11.4. The minimum Gasteiger partial charge on any atom is -0.481 e. The van der Waals surface area contributed by atoms with E-state index in [1.54, 1.807) is 0 Å². The van der Waals surface area contributed by atoms with Crippen molar-refractivity contribution in [3.63, 3.8) is 0 Å². The third-order valence-electron chi connectivity index (χ3n) is 2.24. The maximum Gasteiger partial charge on any atom is 0.409 e. The van der Waals surface area contributed by atoms with Gasteiger partial charge in [-0.1, -0.05) is 30.3 Å². The second kappa shape index (κ2) is 6.52. The Balaban J connectivity index is 2.63. The molecule has 0 radical (unpaired) electrons. The maximum absolute atomic E-state index is 11.4. The van der Waals surface area contributed by atoms with Gasteiger partial charge in [0.25, 0.3) is 0 Å². The number of methoxy groups -OCH3 is 1. The van der Waals surface area contributed by atoms with Crippen LogP contribution < -0.4 is 0 Å². The first kappa shape index (κ1) is 13.0. The van der Waals surface area contributed by atoms with Gasteiger partial charge in [0.05, 0.1) is 13.5 Å². The molecule has 0 bridgehead atoms. The molecule has 0 aliphatic heterocycles. The van der Waals surface area contributed by atoms with Crippen LogP contribution in [-0.2, 0) is 16.1 Å². The van der Waals surface area contributed by atoms with Crippen molar-refractivity contribution in [2.24, 2.45) is 0 Å². The predicted octanol–water partition coefficient (Wildman–Crippen LogP) is 1.73. The van der Waals surface area contributed by atoms with Crippen molar-refractivity contribution in [1.29, 1.82) is 0 Å². The summed E-state index contributed by atoms with van der Waals surface area (Å²) in [6, 6.07) is 9.35. The number of rotatable bonds is 5. The average Bonchev–Trinajstić information content (AvgIpc) is 2.34. The number of ether oxygens (including phenoxy) is 1. The number of carbonyl (C=O) groups excluding carboxylic acids is 1. The van der Waals surface area contributed by atoms with E-state index in [1.807, 2.05) is 30.3 Å². The van der Waals surface area contributed by atoms with Crippen LogP contribution in [0.5, 0.6) is 0 Å². The van der Waals surface area contributed by atoms with Crippen molar-refractivity contribution in [2.75, 3.05) is 13.7 Å². The third-order valence-corrected chi connectivity index (χ3v) is 2.24. The van der Waals surface area contributed by atoms with Crippen molar-refractivity contribution in [1.82, 2.24) is 4.90 Å². The van der Waals surface area contributed by atoms with Crippen molar-refractivity contribution in [3.05, 3.63) is 35.9 Å². The van der Waals surface area contributed by atoms with Gasteiger partial charge < -0.3 is 14.7 Å². The molecule has 1 N–H and O–H groups in total. The number of carbonyl (C=O) groups is 2. The quantitative estimate of drug-likeness (QED) is 0.846. The van der Waals surface area contributed by atoms with Gasteiger partial charge in [0.1, 0.15) is 0 Å². The number of carboxylic acid groups (broad SMARTS) is 1. The highest BCUT2D eigenvalue weighted by atomic mass is 16.5. The van der Waals surface area contributed by atoms with Crippen LogP contribution >= 0.6 is 0 Å². The van der Waals surface area contributed by atoms with Gasteiger partial charge in [0, 0.05) is 13.1 Å². The summed E-state index contributed by atoms with van der Waals surface area (Å²) in [7, 11) is 1.28. The molecule has 0 aliphatic rings. The topological polar surface area (TPSA) is 66.8 Å². The van der Waals surface area contributed by atoms with Crippen molar-refractivity contribution in [2.45, 2.75) is 13.0 Å². The van der Waals surface area contributed by atoms with Gasteiger partial charge in [-0.3, -0.25) is 4.79 Å². The Morgan fingerprint density at radius 2 is 1.94 bits per heavy atom. The molecule has 5 heteroatoms. The second-order valence-corrected chi connectivity index (χ2v) is 3.52. The smallest absolute Gasteiger partial charge is 0.409 e. The highest BCUT2D eigenvalue weighted by Gasteiger charge is 2.15. The number of hydrogen-bond donors (Lipinski definition) is 1. The van der Waals surface area contributed by atoms with E-state index in [9.17, 15) is 9.59 Å². The minimum atomic E-state index is -0.938. The Morgan fingerprint density at radius 1 is 1.29 bits per heavy atom. The van der Waals surface area contributed by atoms with Gasteiger partial charge in [-0.05, 0) is 5.56 Å². The fraction of sp³-hybridized carbons (Fsp3) is 0.333. The SMILES string of the molecule is COC(=O)N(CCC(=O)O)Cc1ccccc1. The van der Waals surface area contributed by atoms with E-state index in [2.05, 4.69) is 4.74 Å². The molecule has 0 unspecified atom stereocenters. The molecule has 1 rings (SSSR count). The van der Waals surface area contributed by atoms with E-state index in [1.165, 1.54) is 12.0 Å². The Bertz CT molecular complexity index is 377. The van der Waals surface area contributed by atoms with Crippen LogP contribution in [0, 0.1) is 0 Å². The van der Waals surface area contributed by atoms with E-state index in [4.69, 9.17) is 5.11 Å². The molecule has 0 saturated heterocycles. The van der Waals surface area contributed by atoms with Gasteiger partial charge in [0.15, 0.2) is 0 Å². The molecule has 92 valence electrons. The van der Waals surface area contributed by atoms with Crippen LogP contribution in [0.3, 0.4) is 0 Å². The fourth-order valence-electron chi connectivity index (χ4n) is 1.40. The third kappa shape index (κ3) is 4.55. The van der Waals surface area contributed by atoms with Crippen LogP contribution in [0.25, 0.3) is 0 Å². The lowest BCUT2D eigenvalue weighted by molar-refractivity contribution is -0.137. The molecule has 1 amide bonds. The summed E-state index contributed by atoms with van der Waals surface area (Å²) in [5.41, 5.74) is 0.934. The molecule has 1 aromatic rings. The van der Waals surface area contributed by atoms with Gasteiger partial charge in [-0.15, -0.1) is 0 Å². The largest absolute Gasteiger partial charge is 0.481 e. The Kier molecular flexibility index (Phi) is 5.00. The van der Waals surface area contributed by atoms with Crippen LogP contribution in [0.1, 0.15) is 12.0 Å². The summed E-state index contributed by atoms with van der Waals surface area (Å²) >= 11 is 0. The molecule has 0 aromatic heterocycles. The molecular formula is C12H15NO4. The van der Waals surface area contributed by atoms with E-state index >= 15 is 0 Å². The van der Waals surface area contributed by atoms with Gasteiger partial charge in [0.2, 0.25) is 0 Å². The Hall–Kier alpha value is -2.04. The van der Waals surface area contributed by atoms with E-state index in [0.29, 0.717) is 6.54 Å². The van der Waals surface area contributed by atoms with E-state index in [-0.39, 0.29) is 13.0 Å². The summed E-state index contributed by atoms with van der Waals surface area (Å²) in [4.78, 5) is 23.3. The van der Waals surface area contributed by atoms with Crippen LogP contribution in [0.4, 0.5) is 4.79 Å². The van der Waals surface area contributed by atoms with Crippen molar-refractivity contribution >= 4 is 12.1 Å². The number of nitrogens with zero attached hydrogens (tertiary/aromatic N) is 1. The monoisotopic (exact) mass is 237 g/mol. The highest BCUT2D eigenvalue weighted by Crippen LogP contribution is 2.06. The normalized spacial score (nSPS) is 9.71. The number of benzene rings is 1. The lowest BCUT2D eigenvalue weighted by atomic mass is 10.2. The molecule has 0 heterocycles. The fourth-order valence-corrected chi connectivity index (χ4v) is 1.40. The van der Waals surface area contributed by atoms with Gasteiger partial charge in [-0.2, -0.15) is 0 Å². The van der Waals surface area contributed by atoms with E-state index in [0.717, 1.165) is 5.56 Å². The number of aliphatic carboxylic acids is 1. The molecule has 0 fully saturated rings. The van der Waals surface area contributed by atoms with Gasteiger partial charge >= 0.3 is 12.1 Å². The highest BCUT2D eigenvalue weighted by molar-refractivity contribution is 5.70. The first-order chi connectivity index (χ1) is 8.13. The first-order valence-corrected chi connectivity index (χ1v) is 5.22. The van der Waals surface area contributed by atoms with Crippen LogP contribution in [0.15, 0.2) is 30.3 Å². The lowest BCUT2D eigenvalue weighted by Crippen LogP contribution is -2.32. The predicted molar refractivity (Wildman–Crippen MR) is 61.5 cm³/mol. The second-order valence-electron chi connectivity index (χ2n) is 3.52. The molecule has 5 nitrogen and oxygen atoms in total. The summed E-state index contributed by atoms with van der Waals surface area (Å²) < 4.78 is 4.61. The number of carboxylic acids is 1. The minimum absolute atomic E-state index is 0.0953. The first-order valence-electron chi connectivity index (χ1n) is 5.22.